The number of halogens is 4. The van der Waals surface area contributed by atoms with Gasteiger partial charge in [-0.2, -0.15) is 13.2 Å². The molecule has 0 aliphatic rings. The number of thioether (sulfide) groups is 1. The van der Waals surface area contributed by atoms with E-state index in [1.165, 1.54) is 17.8 Å². The van der Waals surface area contributed by atoms with Gasteiger partial charge >= 0.3 is 6.18 Å². The van der Waals surface area contributed by atoms with Crippen LogP contribution in [0.2, 0.25) is 0 Å². The first-order chi connectivity index (χ1) is 8.38. The fraction of sp³-hybridized carbons (Fsp3) is 0.455. The zero-order chi connectivity index (χ0) is 13.8. The van der Waals surface area contributed by atoms with E-state index in [0.717, 1.165) is 12.1 Å². The van der Waals surface area contributed by atoms with E-state index in [-0.39, 0.29) is 12.4 Å². The number of anilines is 1. The van der Waals surface area contributed by atoms with Gasteiger partial charge in [-0.25, -0.2) is 0 Å². The fourth-order valence-electron chi connectivity index (χ4n) is 1.30. The highest BCUT2D eigenvalue weighted by molar-refractivity contribution is 7.98. The molecule has 2 nitrogen and oxygen atoms in total. The van der Waals surface area contributed by atoms with E-state index in [9.17, 15) is 18.3 Å². The minimum atomic E-state index is -4.38. The molecule has 7 heteroatoms. The summed E-state index contributed by atoms with van der Waals surface area (Å²) in [5.41, 5.74) is -0.371. The van der Waals surface area contributed by atoms with Crippen molar-refractivity contribution < 1.29 is 18.3 Å². The summed E-state index contributed by atoms with van der Waals surface area (Å²) in [5.74, 6) is 0.0283. The van der Waals surface area contributed by atoms with Crippen molar-refractivity contribution in [3.8, 4) is 0 Å². The highest BCUT2D eigenvalue weighted by atomic mass is 35.5. The van der Waals surface area contributed by atoms with Crippen LogP contribution in [0.1, 0.15) is 5.56 Å². The second-order valence-electron chi connectivity index (χ2n) is 3.60. The number of benzene rings is 1. The van der Waals surface area contributed by atoms with E-state index in [0.29, 0.717) is 10.6 Å². The van der Waals surface area contributed by atoms with Gasteiger partial charge < -0.3 is 10.4 Å². The molecule has 1 aromatic carbocycles. The van der Waals surface area contributed by atoms with Gasteiger partial charge in [0.05, 0.1) is 17.5 Å². The normalized spacial score (nSPS) is 13.4. The maximum absolute atomic E-state index is 12.6. The molecule has 2 N–H and O–H groups in total. The van der Waals surface area contributed by atoms with Crippen LogP contribution in [0.25, 0.3) is 0 Å². The molecule has 0 radical (unpaired) electrons. The first-order valence-electron chi connectivity index (χ1n) is 5.11. The Morgan fingerprint density at radius 1 is 1.44 bits per heavy atom. The molecular formula is C11H13ClF3NOS. The third-order valence-corrected chi connectivity index (χ3v) is 3.39. The van der Waals surface area contributed by atoms with Crippen LogP contribution in [-0.4, -0.2) is 29.9 Å². The van der Waals surface area contributed by atoms with E-state index in [4.69, 9.17) is 11.6 Å². The highest BCUT2D eigenvalue weighted by Crippen LogP contribution is 2.34. The Balaban J connectivity index is 2.92. The van der Waals surface area contributed by atoms with Gasteiger partial charge in [0.1, 0.15) is 0 Å². The predicted molar refractivity (Wildman–Crippen MR) is 68.4 cm³/mol. The lowest BCUT2D eigenvalue weighted by Gasteiger charge is -2.15. The molecule has 1 unspecified atom stereocenters. The molecule has 0 heterocycles. The molecule has 0 saturated carbocycles. The fourth-order valence-corrected chi connectivity index (χ4v) is 1.97. The first-order valence-corrected chi connectivity index (χ1v) is 6.87. The van der Waals surface area contributed by atoms with Crippen LogP contribution in [-0.2, 0) is 6.18 Å². The number of aliphatic hydroxyl groups is 1. The summed E-state index contributed by atoms with van der Waals surface area (Å²) in [7, 11) is 0. The van der Waals surface area contributed by atoms with Crippen molar-refractivity contribution >= 4 is 29.1 Å². The zero-order valence-electron chi connectivity index (χ0n) is 9.59. The van der Waals surface area contributed by atoms with E-state index in [2.05, 4.69) is 5.32 Å². The zero-order valence-corrected chi connectivity index (χ0v) is 11.2. The molecule has 1 atom stereocenters. The molecule has 0 bridgehead atoms. The van der Waals surface area contributed by atoms with E-state index in [1.54, 1.807) is 6.26 Å². The number of rotatable bonds is 5. The predicted octanol–water partition coefficient (Wildman–Crippen LogP) is 3.44. The van der Waals surface area contributed by atoms with Gasteiger partial charge in [-0.1, -0.05) is 0 Å². The average molecular weight is 300 g/mol. The summed E-state index contributed by atoms with van der Waals surface area (Å²) < 4.78 is 37.7. The topological polar surface area (TPSA) is 32.3 Å². The molecule has 0 fully saturated rings. The van der Waals surface area contributed by atoms with Crippen molar-refractivity contribution in [3.63, 3.8) is 0 Å². The lowest BCUT2D eigenvalue weighted by molar-refractivity contribution is -0.137. The quantitative estimate of drug-likeness (QED) is 0.645. The van der Waals surface area contributed by atoms with Crippen molar-refractivity contribution in [1.29, 1.82) is 0 Å². The SMILES string of the molecule is CSc1ccc(C(F)(F)F)cc1NCC(O)CCl. The summed E-state index contributed by atoms with van der Waals surface area (Å²) in [4.78, 5) is 0.685. The molecule has 0 spiro atoms. The van der Waals surface area contributed by atoms with Crippen molar-refractivity contribution in [1.82, 2.24) is 0 Å². The molecule has 0 aliphatic carbocycles. The Bertz CT molecular complexity index is 400. The van der Waals surface area contributed by atoms with Crippen LogP contribution in [0, 0.1) is 0 Å². The lowest BCUT2D eigenvalue weighted by atomic mass is 10.2. The molecule has 0 amide bonds. The number of aliphatic hydroxyl groups excluding tert-OH is 1. The summed E-state index contributed by atoms with van der Waals surface area (Å²) in [5, 5.41) is 12.1. The molecule has 0 aliphatic heterocycles. The van der Waals surface area contributed by atoms with Gasteiger partial charge in [-0.3, -0.25) is 0 Å². The largest absolute Gasteiger partial charge is 0.416 e. The van der Waals surface area contributed by atoms with Gasteiger partial charge in [0, 0.05) is 17.1 Å². The third kappa shape index (κ3) is 4.26. The van der Waals surface area contributed by atoms with Gasteiger partial charge in [0.2, 0.25) is 0 Å². The monoisotopic (exact) mass is 299 g/mol. The Labute approximate surface area is 113 Å². The molecule has 102 valence electrons. The number of nitrogens with one attached hydrogen (secondary N) is 1. The molecular weight excluding hydrogens is 287 g/mol. The highest BCUT2D eigenvalue weighted by Gasteiger charge is 2.31. The van der Waals surface area contributed by atoms with E-state index in [1.807, 2.05) is 0 Å². The van der Waals surface area contributed by atoms with Crippen molar-refractivity contribution in [3.05, 3.63) is 23.8 Å². The van der Waals surface area contributed by atoms with Crippen LogP contribution in [0.4, 0.5) is 18.9 Å². The lowest BCUT2D eigenvalue weighted by Crippen LogP contribution is -2.21. The second-order valence-corrected chi connectivity index (χ2v) is 4.76. The Morgan fingerprint density at radius 2 is 2.11 bits per heavy atom. The number of alkyl halides is 4. The molecule has 1 aromatic rings. The van der Waals surface area contributed by atoms with Crippen LogP contribution < -0.4 is 5.32 Å². The van der Waals surface area contributed by atoms with Crippen molar-refractivity contribution in [2.75, 3.05) is 24.0 Å². The van der Waals surface area contributed by atoms with E-state index >= 15 is 0 Å². The summed E-state index contributed by atoms with van der Waals surface area (Å²) >= 11 is 6.75. The van der Waals surface area contributed by atoms with Crippen LogP contribution in [0.3, 0.4) is 0 Å². The summed E-state index contributed by atoms with van der Waals surface area (Å²) in [6.45, 7) is 0.109. The van der Waals surface area contributed by atoms with Gasteiger partial charge in [-0.05, 0) is 24.5 Å². The van der Waals surface area contributed by atoms with Gasteiger partial charge in [0.15, 0.2) is 0 Å². The summed E-state index contributed by atoms with van der Waals surface area (Å²) in [6.07, 6.45) is -3.40. The molecule has 1 rings (SSSR count). The molecule has 18 heavy (non-hydrogen) atoms. The first kappa shape index (κ1) is 15.5. The molecule has 0 aromatic heterocycles. The number of hydrogen-bond acceptors (Lipinski definition) is 3. The minimum Gasteiger partial charge on any atom is -0.390 e. The Kier molecular flexibility index (Phi) is 5.62. The number of hydrogen-bond donors (Lipinski definition) is 2. The second kappa shape index (κ2) is 6.54. The minimum absolute atomic E-state index is 0.0283. The van der Waals surface area contributed by atoms with Gasteiger partial charge in [0.25, 0.3) is 0 Å². The maximum atomic E-state index is 12.6. The summed E-state index contributed by atoms with van der Waals surface area (Å²) in [6, 6.07) is 3.48. The smallest absolute Gasteiger partial charge is 0.390 e. The standard InChI is InChI=1S/C11H13ClF3NOS/c1-18-10-3-2-7(11(13,14)15)4-9(10)16-6-8(17)5-12/h2-4,8,16-17H,5-6H2,1H3. The Hall–Kier alpha value is -0.590. The van der Waals surface area contributed by atoms with Crippen molar-refractivity contribution in [2.45, 2.75) is 17.2 Å². The maximum Gasteiger partial charge on any atom is 0.416 e. The Morgan fingerprint density at radius 3 is 2.61 bits per heavy atom. The van der Waals surface area contributed by atoms with Gasteiger partial charge in [-0.15, -0.1) is 23.4 Å². The molecule has 0 saturated heterocycles. The van der Waals surface area contributed by atoms with Crippen LogP contribution in [0.15, 0.2) is 23.1 Å². The van der Waals surface area contributed by atoms with Crippen molar-refractivity contribution in [2.24, 2.45) is 0 Å². The third-order valence-electron chi connectivity index (χ3n) is 2.23. The van der Waals surface area contributed by atoms with Crippen LogP contribution in [0.5, 0.6) is 0 Å². The average Bonchev–Trinajstić information content (AvgIpc) is 2.34. The van der Waals surface area contributed by atoms with Crippen LogP contribution >= 0.6 is 23.4 Å². The van der Waals surface area contributed by atoms with E-state index < -0.39 is 17.8 Å².